The van der Waals surface area contributed by atoms with Gasteiger partial charge >= 0.3 is 13.8 Å². The summed E-state index contributed by atoms with van der Waals surface area (Å²) >= 11 is 0. The summed E-state index contributed by atoms with van der Waals surface area (Å²) < 4.78 is 15.6. The monoisotopic (exact) mass is 679 g/mol. The minimum atomic E-state index is -4.74. The number of amides is 3. The number of phosphoric ester groups is 1. The quantitative estimate of drug-likeness (QED) is 0.104. The molecule has 0 radical (unpaired) electrons. The van der Waals surface area contributed by atoms with Gasteiger partial charge in [0.15, 0.2) is 0 Å². The average molecular weight is 680 g/mol. The van der Waals surface area contributed by atoms with Crippen LogP contribution >= 0.6 is 7.82 Å². The number of phosphoric acid groups is 1. The highest BCUT2D eigenvalue weighted by Crippen LogP contribution is 2.37. The van der Waals surface area contributed by atoms with Crippen LogP contribution in [-0.2, 0) is 49.6 Å². The van der Waals surface area contributed by atoms with E-state index in [1.54, 1.807) is 0 Å². The molecule has 1 heterocycles. The van der Waals surface area contributed by atoms with Gasteiger partial charge in [-0.05, 0) is 60.1 Å². The maximum atomic E-state index is 13.6. The summed E-state index contributed by atoms with van der Waals surface area (Å²) in [6, 6.07) is 20.8. The lowest BCUT2D eigenvalue weighted by Gasteiger charge is -2.36. The third kappa shape index (κ3) is 11.6. The summed E-state index contributed by atoms with van der Waals surface area (Å²) in [6.45, 7) is 0.751. The van der Waals surface area contributed by atoms with Crippen molar-refractivity contribution in [1.82, 2.24) is 15.5 Å². The molecule has 1 aliphatic heterocycles. The SMILES string of the molecule is O=C(CCCc1ccccc1)NCCCCCC(=O)N1Cc2ccccc2C[C@H]1C(=O)N[C@@H](Cc1ccc(OP(=O)(O)O)cc1)C(=O)O. The third-order valence-electron chi connectivity index (χ3n) is 8.18. The number of carbonyl (C=O) groups is 4. The molecule has 0 fully saturated rings. The zero-order valence-corrected chi connectivity index (χ0v) is 27.5. The minimum Gasteiger partial charge on any atom is -0.480 e. The number of nitrogens with zero attached hydrogens (tertiary/aromatic N) is 1. The van der Waals surface area contributed by atoms with Crippen LogP contribution in [0.2, 0.25) is 0 Å². The first-order valence-electron chi connectivity index (χ1n) is 16.0. The number of carboxylic acids is 1. The van der Waals surface area contributed by atoms with E-state index in [9.17, 15) is 28.8 Å². The molecule has 3 aromatic rings. The lowest BCUT2D eigenvalue weighted by atomic mass is 9.92. The molecule has 0 unspecified atom stereocenters. The first kappa shape index (κ1) is 36.3. The van der Waals surface area contributed by atoms with E-state index in [1.165, 1.54) is 34.7 Å². The van der Waals surface area contributed by atoms with Gasteiger partial charge in [-0.15, -0.1) is 0 Å². The highest BCUT2D eigenvalue weighted by molar-refractivity contribution is 7.46. The fraction of sp³-hybridized carbons (Fsp3) is 0.371. The number of rotatable bonds is 17. The molecule has 0 saturated heterocycles. The van der Waals surface area contributed by atoms with E-state index in [2.05, 4.69) is 15.2 Å². The van der Waals surface area contributed by atoms with E-state index in [1.807, 2.05) is 54.6 Å². The smallest absolute Gasteiger partial charge is 0.480 e. The fourth-order valence-corrected chi connectivity index (χ4v) is 6.08. The largest absolute Gasteiger partial charge is 0.524 e. The first-order valence-corrected chi connectivity index (χ1v) is 17.6. The lowest BCUT2D eigenvalue weighted by molar-refractivity contribution is -0.145. The van der Waals surface area contributed by atoms with Crippen LogP contribution in [0.5, 0.6) is 5.75 Å². The second kappa shape index (κ2) is 17.6. The van der Waals surface area contributed by atoms with Crippen molar-refractivity contribution in [3.05, 3.63) is 101 Å². The highest BCUT2D eigenvalue weighted by atomic mass is 31.2. The van der Waals surface area contributed by atoms with E-state index in [4.69, 9.17) is 9.79 Å². The Bertz CT molecular complexity index is 1590. The molecule has 3 amide bonds. The van der Waals surface area contributed by atoms with Gasteiger partial charge in [0.2, 0.25) is 17.7 Å². The number of hydrogen-bond acceptors (Lipinski definition) is 6. The van der Waals surface area contributed by atoms with Crippen LogP contribution in [-0.4, -0.2) is 62.1 Å². The van der Waals surface area contributed by atoms with Crippen molar-refractivity contribution < 1.29 is 43.2 Å². The van der Waals surface area contributed by atoms with Crippen LogP contribution in [0, 0.1) is 0 Å². The number of nitrogens with one attached hydrogen (secondary N) is 2. The lowest BCUT2D eigenvalue weighted by Crippen LogP contribution is -2.55. The van der Waals surface area contributed by atoms with Gasteiger partial charge in [0.05, 0.1) is 0 Å². The Morgan fingerprint density at radius 3 is 2.21 bits per heavy atom. The predicted molar refractivity (Wildman–Crippen MR) is 178 cm³/mol. The van der Waals surface area contributed by atoms with Crippen molar-refractivity contribution in [2.24, 2.45) is 0 Å². The van der Waals surface area contributed by atoms with Crippen molar-refractivity contribution in [2.75, 3.05) is 6.54 Å². The summed E-state index contributed by atoms with van der Waals surface area (Å²) in [4.78, 5) is 70.8. The topological polar surface area (TPSA) is 183 Å². The Hall–Kier alpha value is -4.51. The molecule has 4 rings (SSSR count). The normalized spacial score (nSPS) is 14.8. The van der Waals surface area contributed by atoms with Crippen LogP contribution in [0.3, 0.4) is 0 Å². The van der Waals surface area contributed by atoms with Gasteiger partial charge < -0.3 is 25.2 Å². The average Bonchev–Trinajstić information content (AvgIpc) is 3.05. The van der Waals surface area contributed by atoms with Crippen LogP contribution in [0.1, 0.15) is 60.8 Å². The number of carbonyl (C=O) groups excluding carboxylic acids is 3. The molecule has 12 nitrogen and oxygen atoms in total. The zero-order chi connectivity index (χ0) is 34.5. The van der Waals surface area contributed by atoms with Gasteiger partial charge in [0, 0.05) is 38.8 Å². The number of benzene rings is 3. The van der Waals surface area contributed by atoms with Crippen molar-refractivity contribution in [1.29, 1.82) is 0 Å². The van der Waals surface area contributed by atoms with E-state index in [0.29, 0.717) is 24.9 Å². The summed E-state index contributed by atoms with van der Waals surface area (Å²) in [5.41, 5.74) is 3.53. The van der Waals surface area contributed by atoms with Crippen LogP contribution in [0.4, 0.5) is 0 Å². The van der Waals surface area contributed by atoms with Gasteiger partial charge in [-0.2, -0.15) is 0 Å². The summed E-state index contributed by atoms with van der Waals surface area (Å²) in [6.07, 6.45) is 4.45. The Labute approximate surface area is 279 Å². The zero-order valence-electron chi connectivity index (χ0n) is 26.6. The second-order valence-electron chi connectivity index (χ2n) is 11.8. The Morgan fingerprint density at radius 2 is 1.52 bits per heavy atom. The van der Waals surface area contributed by atoms with E-state index < -0.39 is 31.8 Å². The number of fused-ring (bicyclic) bond motifs is 1. The maximum Gasteiger partial charge on any atom is 0.524 e. The molecule has 5 N–H and O–H groups in total. The fourth-order valence-electron chi connectivity index (χ4n) is 5.68. The van der Waals surface area contributed by atoms with Crippen molar-refractivity contribution in [3.8, 4) is 5.75 Å². The molecule has 3 aromatic carbocycles. The second-order valence-corrected chi connectivity index (χ2v) is 13.0. The predicted octanol–water partition coefficient (Wildman–Crippen LogP) is 3.92. The number of aliphatic carboxylic acids is 1. The molecule has 0 saturated carbocycles. The van der Waals surface area contributed by atoms with Gasteiger partial charge in [-0.1, -0.05) is 73.2 Å². The van der Waals surface area contributed by atoms with E-state index >= 15 is 0 Å². The first-order chi connectivity index (χ1) is 23.0. The van der Waals surface area contributed by atoms with E-state index in [-0.39, 0.29) is 43.4 Å². The number of unbranched alkanes of at least 4 members (excludes halogenated alkanes) is 2. The standard InChI is InChI=1S/C35H42N3O9P/c39-32(15-9-12-25-10-3-1-4-11-25)36-21-8-2-5-16-33(40)38-24-28-14-7-6-13-27(28)23-31(38)34(41)37-30(35(42)43)22-26-17-19-29(20-18-26)47-48(44,45)46/h1,3-4,6-7,10-11,13-14,17-20,30-31H,2,5,8-9,12,15-16,21-24H2,(H,36,39)(H,37,41)(H,42,43)(H2,44,45,46)/t30-,31-/m0/s1. The molecule has 48 heavy (non-hydrogen) atoms. The molecule has 0 aromatic heterocycles. The maximum absolute atomic E-state index is 13.6. The van der Waals surface area contributed by atoms with Crippen molar-refractivity contribution >= 4 is 31.5 Å². The van der Waals surface area contributed by atoms with Gasteiger partial charge in [0.1, 0.15) is 17.8 Å². The summed E-state index contributed by atoms with van der Waals surface area (Å²) in [7, 11) is -4.74. The molecule has 13 heteroatoms. The molecular formula is C35H42N3O9P. The molecule has 0 bridgehead atoms. The molecule has 256 valence electrons. The molecule has 1 aliphatic rings. The Morgan fingerprint density at radius 1 is 0.833 bits per heavy atom. The van der Waals surface area contributed by atoms with Crippen molar-refractivity contribution in [3.63, 3.8) is 0 Å². The summed E-state index contributed by atoms with van der Waals surface area (Å²) in [5, 5.41) is 15.4. The number of hydrogen-bond donors (Lipinski definition) is 5. The van der Waals surface area contributed by atoms with Gasteiger partial charge in [-0.3, -0.25) is 24.2 Å². The highest BCUT2D eigenvalue weighted by Gasteiger charge is 2.36. The molecule has 0 aliphatic carbocycles. The molecule has 0 spiro atoms. The number of carboxylic acid groups (broad SMARTS) is 1. The molecule has 2 atom stereocenters. The number of aryl methyl sites for hydroxylation is 1. The molecular weight excluding hydrogens is 637 g/mol. The third-order valence-corrected chi connectivity index (χ3v) is 8.62. The Kier molecular flexibility index (Phi) is 13.3. The van der Waals surface area contributed by atoms with Crippen LogP contribution in [0.25, 0.3) is 0 Å². The Balaban J connectivity index is 1.27. The van der Waals surface area contributed by atoms with Crippen LogP contribution < -0.4 is 15.2 Å². The van der Waals surface area contributed by atoms with Gasteiger partial charge in [0.25, 0.3) is 0 Å². The van der Waals surface area contributed by atoms with Crippen molar-refractivity contribution in [2.45, 2.75) is 76.4 Å². The van der Waals surface area contributed by atoms with E-state index in [0.717, 1.165) is 36.8 Å². The van der Waals surface area contributed by atoms with Gasteiger partial charge in [-0.25, -0.2) is 9.36 Å². The summed E-state index contributed by atoms with van der Waals surface area (Å²) in [5.74, 6) is -2.13. The van der Waals surface area contributed by atoms with Crippen LogP contribution in [0.15, 0.2) is 78.9 Å². The minimum absolute atomic E-state index is 0.00781.